The fourth-order valence-electron chi connectivity index (χ4n) is 2.46. The predicted molar refractivity (Wildman–Crippen MR) is 78.0 cm³/mol. The highest BCUT2D eigenvalue weighted by Gasteiger charge is 2.24. The Hall–Kier alpha value is -0.510. The van der Waals surface area contributed by atoms with E-state index in [-0.39, 0.29) is 0 Å². The number of aliphatic hydroxyl groups is 1. The molecule has 0 aromatic heterocycles. The molecule has 1 heterocycles. The first-order valence-electron chi connectivity index (χ1n) is 6.82. The van der Waals surface area contributed by atoms with E-state index < -0.39 is 0 Å². The van der Waals surface area contributed by atoms with Crippen molar-refractivity contribution in [3.63, 3.8) is 0 Å². The van der Waals surface area contributed by atoms with Crippen molar-refractivity contribution in [1.82, 2.24) is 4.90 Å². The SMILES string of the molecule is C[C@@H](CCSc1ccccc1)N1CC[C@H](CO)C1. The normalized spacial score (nSPS) is 22.2. The van der Waals surface area contributed by atoms with Gasteiger partial charge in [0.05, 0.1) is 0 Å². The quantitative estimate of drug-likeness (QED) is 0.800. The minimum absolute atomic E-state index is 0.349. The first kappa shape index (κ1) is 13.9. The summed E-state index contributed by atoms with van der Waals surface area (Å²) < 4.78 is 0. The first-order valence-corrected chi connectivity index (χ1v) is 7.81. The molecule has 100 valence electrons. The van der Waals surface area contributed by atoms with Crippen molar-refractivity contribution in [2.75, 3.05) is 25.4 Å². The molecular weight excluding hydrogens is 242 g/mol. The van der Waals surface area contributed by atoms with Gasteiger partial charge in [-0.05, 0) is 50.1 Å². The van der Waals surface area contributed by atoms with Gasteiger partial charge in [0.15, 0.2) is 0 Å². The highest BCUT2D eigenvalue weighted by Crippen LogP contribution is 2.23. The minimum atomic E-state index is 0.349. The molecule has 1 saturated heterocycles. The Balaban J connectivity index is 1.68. The number of hydrogen-bond acceptors (Lipinski definition) is 3. The Morgan fingerprint density at radius 2 is 2.17 bits per heavy atom. The number of benzene rings is 1. The zero-order valence-electron chi connectivity index (χ0n) is 11.1. The molecule has 0 bridgehead atoms. The van der Waals surface area contributed by atoms with Gasteiger partial charge in [-0.1, -0.05) is 18.2 Å². The molecule has 1 aromatic rings. The van der Waals surface area contributed by atoms with Gasteiger partial charge in [0.2, 0.25) is 0 Å². The van der Waals surface area contributed by atoms with E-state index in [9.17, 15) is 0 Å². The van der Waals surface area contributed by atoms with Gasteiger partial charge in [0.25, 0.3) is 0 Å². The largest absolute Gasteiger partial charge is 0.396 e. The molecule has 2 atom stereocenters. The average Bonchev–Trinajstić information content (AvgIpc) is 2.89. The summed E-state index contributed by atoms with van der Waals surface area (Å²) >= 11 is 1.94. The van der Waals surface area contributed by atoms with Gasteiger partial charge < -0.3 is 10.0 Å². The number of hydrogen-bond donors (Lipinski definition) is 1. The van der Waals surface area contributed by atoms with Crippen LogP contribution in [0.5, 0.6) is 0 Å². The summed E-state index contributed by atoms with van der Waals surface area (Å²) in [7, 11) is 0. The summed E-state index contributed by atoms with van der Waals surface area (Å²) in [6.45, 7) is 4.89. The van der Waals surface area contributed by atoms with Crippen LogP contribution in [0.2, 0.25) is 0 Å². The van der Waals surface area contributed by atoms with E-state index in [1.165, 1.54) is 17.1 Å². The zero-order valence-corrected chi connectivity index (χ0v) is 11.9. The molecule has 2 nitrogen and oxygen atoms in total. The zero-order chi connectivity index (χ0) is 12.8. The van der Waals surface area contributed by atoms with Gasteiger partial charge in [-0.3, -0.25) is 0 Å². The Labute approximate surface area is 114 Å². The Morgan fingerprint density at radius 1 is 1.39 bits per heavy atom. The maximum Gasteiger partial charge on any atom is 0.0471 e. The Morgan fingerprint density at radius 3 is 2.83 bits per heavy atom. The molecule has 3 heteroatoms. The summed E-state index contributed by atoms with van der Waals surface area (Å²) in [6, 6.07) is 11.2. The molecule has 1 fully saturated rings. The summed E-state index contributed by atoms with van der Waals surface area (Å²) in [4.78, 5) is 3.88. The standard InChI is InChI=1S/C15H23NOS/c1-13(16-9-7-14(11-16)12-17)8-10-18-15-5-3-2-4-6-15/h2-6,13-14,17H,7-12H2,1H3/t13-,14-/m0/s1. The maximum atomic E-state index is 9.16. The second-order valence-corrected chi connectivity index (χ2v) is 6.30. The first-order chi connectivity index (χ1) is 8.79. The van der Waals surface area contributed by atoms with Crippen LogP contribution in [0.15, 0.2) is 35.2 Å². The predicted octanol–water partition coefficient (Wildman–Crippen LogP) is 2.87. The van der Waals surface area contributed by atoms with Crippen LogP contribution in [0.25, 0.3) is 0 Å². The van der Waals surface area contributed by atoms with Crippen LogP contribution in [0.4, 0.5) is 0 Å². The lowest BCUT2D eigenvalue weighted by molar-refractivity contribution is 0.202. The molecule has 18 heavy (non-hydrogen) atoms. The van der Waals surface area contributed by atoms with E-state index in [0.29, 0.717) is 18.6 Å². The number of likely N-dealkylation sites (tertiary alicyclic amines) is 1. The third-order valence-electron chi connectivity index (χ3n) is 3.75. The van der Waals surface area contributed by atoms with Gasteiger partial charge in [-0.15, -0.1) is 11.8 Å². The highest BCUT2D eigenvalue weighted by atomic mass is 32.2. The monoisotopic (exact) mass is 265 g/mol. The third kappa shape index (κ3) is 4.01. The van der Waals surface area contributed by atoms with E-state index >= 15 is 0 Å². The molecule has 1 aliphatic heterocycles. The van der Waals surface area contributed by atoms with Crippen molar-refractivity contribution in [1.29, 1.82) is 0 Å². The lowest BCUT2D eigenvalue weighted by Gasteiger charge is -2.24. The molecule has 1 aliphatic rings. The van der Waals surface area contributed by atoms with Gasteiger partial charge in [-0.2, -0.15) is 0 Å². The van der Waals surface area contributed by atoms with E-state index in [2.05, 4.69) is 42.2 Å². The lowest BCUT2D eigenvalue weighted by Crippen LogP contribution is -2.31. The van der Waals surface area contributed by atoms with Crippen LogP contribution in [0.1, 0.15) is 19.8 Å². The molecular formula is C15H23NOS. The lowest BCUT2D eigenvalue weighted by atomic mass is 10.1. The fourth-order valence-corrected chi connectivity index (χ4v) is 3.50. The minimum Gasteiger partial charge on any atom is -0.396 e. The van der Waals surface area contributed by atoms with Crippen LogP contribution < -0.4 is 0 Å². The van der Waals surface area contributed by atoms with E-state index in [4.69, 9.17) is 5.11 Å². The molecule has 0 radical (unpaired) electrons. The Kier molecular flexibility index (Phi) is 5.54. The summed E-state index contributed by atoms with van der Waals surface area (Å²) in [5.74, 6) is 1.68. The van der Waals surface area contributed by atoms with Crippen molar-refractivity contribution < 1.29 is 5.11 Å². The Bertz CT molecular complexity index is 344. The third-order valence-corrected chi connectivity index (χ3v) is 4.79. The van der Waals surface area contributed by atoms with Crippen molar-refractivity contribution >= 4 is 11.8 Å². The highest BCUT2D eigenvalue weighted by molar-refractivity contribution is 7.99. The number of thioether (sulfide) groups is 1. The van der Waals surface area contributed by atoms with E-state index in [1.807, 2.05) is 11.8 Å². The van der Waals surface area contributed by atoms with E-state index in [1.54, 1.807) is 0 Å². The fraction of sp³-hybridized carbons (Fsp3) is 0.600. The van der Waals surface area contributed by atoms with E-state index in [0.717, 1.165) is 19.5 Å². The molecule has 0 spiro atoms. The number of aliphatic hydroxyl groups excluding tert-OH is 1. The van der Waals surface area contributed by atoms with Crippen LogP contribution in [0, 0.1) is 5.92 Å². The molecule has 1 aromatic carbocycles. The van der Waals surface area contributed by atoms with Crippen LogP contribution in [-0.4, -0.2) is 41.5 Å². The second kappa shape index (κ2) is 7.17. The summed E-state index contributed by atoms with van der Waals surface area (Å²) in [5.41, 5.74) is 0. The topological polar surface area (TPSA) is 23.5 Å². The van der Waals surface area contributed by atoms with Crippen molar-refractivity contribution in [3.8, 4) is 0 Å². The van der Waals surface area contributed by atoms with Crippen molar-refractivity contribution in [2.45, 2.75) is 30.7 Å². The number of rotatable bonds is 6. The molecule has 1 N–H and O–H groups in total. The van der Waals surface area contributed by atoms with Crippen LogP contribution in [0.3, 0.4) is 0 Å². The molecule has 0 amide bonds. The number of nitrogens with zero attached hydrogens (tertiary/aromatic N) is 1. The smallest absolute Gasteiger partial charge is 0.0471 e. The molecule has 0 aliphatic carbocycles. The molecule has 0 saturated carbocycles. The van der Waals surface area contributed by atoms with Gasteiger partial charge in [-0.25, -0.2) is 0 Å². The van der Waals surface area contributed by atoms with Crippen molar-refractivity contribution in [3.05, 3.63) is 30.3 Å². The summed E-state index contributed by atoms with van der Waals surface area (Å²) in [6.07, 6.45) is 2.38. The van der Waals surface area contributed by atoms with Crippen LogP contribution in [-0.2, 0) is 0 Å². The average molecular weight is 265 g/mol. The molecule has 2 rings (SSSR count). The second-order valence-electron chi connectivity index (χ2n) is 5.13. The van der Waals surface area contributed by atoms with Gasteiger partial charge in [0.1, 0.15) is 0 Å². The maximum absolute atomic E-state index is 9.16. The molecule has 0 unspecified atom stereocenters. The van der Waals surface area contributed by atoms with Crippen LogP contribution >= 0.6 is 11.8 Å². The summed E-state index contributed by atoms with van der Waals surface area (Å²) in [5, 5.41) is 9.16. The van der Waals surface area contributed by atoms with Gasteiger partial charge in [0, 0.05) is 24.1 Å². The van der Waals surface area contributed by atoms with Crippen molar-refractivity contribution in [2.24, 2.45) is 5.92 Å². The van der Waals surface area contributed by atoms with Gasteiger partial charge >= 0.3 is 0 Å².